The van der Waals surface area contributed by atoms with Gasteiger partial charge < -0.3 is 29.3 Å². The van der Waals surface area contributed by atoms with Crippen molar-refractivity contribution < 1.29 is 23.8 Å². The van der Waals surface area contributed by atoms with Crippen LogP contribution < -0.4 is 10.1 Å². The quantitative estimate of drug-likeness (QED) is 0.0993. The average molecular weight is 617 g/mol. The van der Waals surface area contributed by atoms with Crippen LogP contribution in [0.3, 0.4) is 0 Å². The molecule has 0 saturated carbocycles. The molecule has 0 bridgehead atoms. The summed E-state index contributed by atoms with van der Waals surface area (Å²) in [5.74, 6) is 0.310. The lowest BCUT2D eigenvalue weighted by Gasteiger charge is -2.40. The van der Waals surface area contributed by atoms with Crippen LogP contribution in [0, 0.1) is 0 Å². The van der Waals surface area contributed by atoms with Crippen molar-refractivity contribution in [2.75, 3.05) is 13.7 Å². The first-order valence-corrected chi connectivity index (χ1v) is 18.4. The third-order valence-corrected chi connectivity index (χ3v) is 13.3. The summed E-state index contributed by atoms with van der Waals surface area (Å²) in [7, 11) is -0.737. The van der Waals surface area contributed by atoms with E-state index in [1.165, 1.54) is 12.7 Å². The molecule has 2 atom stereocenters. The summed E-state index contributed by atoms with van der Waals surface area (Å²) < 4.78 is 18.0. The van der Waals surface area contributed by atoms with Crippen LogP contribution in [0.5, 0.6) is 5.75 Å². The van der Waals surface area contributed by atoms with Crippen LogP contribution in [-0.4, -0.2) is 44.1 Å². The molecule has 0 radical (unpaired) electrons. The summed E-state index contributed by atoms with van der Waals surface area (Å²) in [6, 6.07) is 24.4. The maximum Gasteiger partial charge on any atom is 0.354 e. The van der Waals surface area contributed by atoms with Gasteiger partial charge in [0.1, 0.15) is 18.1 Å². The van der Waals surface area contributed by atoms with Crippen molar-refractivity contribution in [2.45, 2.75) is 84.0 Å². The Morgan fingerprint density at radius 1 is 1.00 bits per heavy atom. The van der Waals surface area contributed by atoms with Crippen molar-refractivity contribution in [1.29, 1.82) is 0 Å². The number of rotatable bonds is 14. The highest BCUT2D eigenvalue weighted by Crippen LogP contribution is 2.40. The number of aromatic amines is 1. The molecule has 236 valence electrons. The number of esters is 1. The van der Waals surface area contributed by atoms with Crippen LogP contribution in [-0.2, 0) is 28.8 Å². The number of fused-ring (bicyclic) bond motifs is 1. The number of carbonyl (C=O) groups excluding carboxylic acids is 1. The predicted octanol–water partition coefficient (Wildman–Crippen LogP) is 7.70. The highest BCUT2D eigenvalue weighted by molar-refractivity contribution is 6.74. The zero-order valence-corrected chi connectivity index (χ0v) is 28.2. The van der Waals surface area contributed by atoms with Crippen molar-refractivity contribution in [3.8, 4) is 5.75 Å². The van der Waals surface area contributed by atoms with E-state index in [4.69, 9.17) is 13.9 Å². The van der Waals surface area contributed by atoms with E-state index < -0.39 is 8.32 Å². The largest absolute Gasteiger partial charge is 0.489 e. The fraction of sp³-hybridized carbons (Fsp3) is 0.417. The number of H-pyrrole nitrogens is 1. The third kappa shape index (κ3) is 8.39. The monoisotopic (exact) mass is 616 g/mol. The highest BCUT2D eigenvalue weighted by Gasteiger charge is 2.39. The predicted molar refractivity (Wildman–Crippen MR) is 180 cm³/mol. The van der Waals surface area contributed by atoms with Gasteiger partial charge >= 0.3 is 5.97 Å². The molecule has 3 aromatic carbocycles. The smallest absolute Gasteiger partial charge is 0.354 e. The first kappa shape index (κ1) is 33.5. The number of benzene rings is 3. The number of hydrogen-bond acceptors (Lipinski definition) is 6. The van der Waals surface area contributed by atoms with Gasteiger partial charge in [-0.05, 0) is 78.0 Å². The summed E-state index contributed by atoms with van der Waals surface area (Å²) >= 11 is 0. The van der Waals surface area contributed by atoms with Gasteiger partial charge in [0.05, 0.1) is 19.8 Å². The molecule has 1 aromatic heterocycles. The van der Waals surface area contributed by atoms with E-state index in [-0.39, 0.29) is 29.8 Å². The number of aliphatic hydroxyl groups is 1. The van der Waals surface area contributed by atoms with Crippen molar-refractivity contribution in [2.24, 2.45) is 0 Å². The molecule has 4 rings (SSSR count). The van der Waals surface area contributed by atoms with E-state index in [9.17, 15) is 9.90 Å². The van der Waals surface area contributed by atoms with Gasteiger partial charge in [0, 0.05) is 29.1 Å². The Kier molecular flexibility index (Phi) is 11.1. The van der Waals surface area contributed by atoms with Crippen LogP contribution in [0.1, 0.15) is 73.0 Å². The van der Waals surface area contributed by atoms with Gasteiger partial charge in [0.15, 0.2) is 8.32 Å². The molecule has 0 aliphatic rings. The van der Waals surface area contributed by atoms with E-state index >= 15 is 0 Å². The Hall–Kier alpha value is -3.43. The molecule has 8 heteroatoms. The Bertz CT molecular complexity index is 1530. The van der Waals surface area contributed by atoms with Gasteiger partial charge in [-0.3, -0.25) is 0 Å². The van der Waals surface area contributed by atoms with E-state index in [0.717, 1.165) is 40.4 Å². The van der Waals surface area contributed by atoms with E-state index in [2.05, 4.69) is 69.3 Å². The van der Waals surface area contributed by atoms with Gasteiger partial charge in [-0.2, -0.15) is 0 Å². The summed E-state index contributed by atoms with van der Waals surface area (Å²) in [5, 5.41) is 15.1. The second kappa shape index (κ2) is 14.6. The van der Waals surface area contributed by atoms with Crippen molar-refractivity contribution in [3.63, 3.8) is 0 Å². The second-order valence-corrected chi connectivity index (χ2v) is 17.7. The Balaban J connectivity index is 1.52. The molecule has 0 spiro atoms. The molecule has 0 amide bonds. The minimum atomic E-state index is -2.12. The van der Waals surface area contributed by atoms with E-state index in [1.54, 1.807) is 0 Å². The average Bonchev–Trinajstić information content (AvgIpc) is 3.44. The summed E-state index contributed by atoms with van der Waals surface area (Å²) in [5.41, 5.74) is 5.41. The van der Waals surface area contributed by atoms with Crippen molar-refractivity contribution in [3.05, 3.63) is 101 Å². The Morgan fingerprint density at radius 2 is 1.75 bits per heavy atom. The maximum absolute atomic E-state index is 12.0. The van der Waals surface area contributed by atoms with E-state index in [1.807, 2.05) is 54.6 Å². The normalized spacial score (nSPS) is 13.5. The number of aliphatic hydroxyl groups excluding tert-OH is 1. The molecular weight excluding hydrogens is 568 g/mol. The van der Waals surface area contributed by atoms with Gasteiger partial charge in [-0.25, -0.2) is 4.79 Å². The Morgan fingerprint density at radius 3 is 2.41 bits per heavy atom. The standard InChI is InChI=1S/C36H48N2O5Si/c1-8-30(19-26-14-16-31-28(18-26)21-32(38-31)35(40)41-5)37-22-34(43-44(6,7)36(2,3)4)27-15-17-33(29(20-27)23-39)42-24-25-12-10-9-11-13-25/h9-18,20-21,30,34,37-39H,8,19,22-24H2,1-7H3/t30-,34+/m1/s1. The first-order chi connectivity index (χ1) is 20.9. The summed E-state index contributed by atoms with van der Waals surface area (Å²) in [6.07, 6.45) is 1.60. The molecule has 0 fully saturated rings. The molecule has 0 aliphatic heterocycles. The first-order valence-electron chi connectivity index (χ1n) is 15.5. The van der Waals surface area contributed by atoms with Crippen LogP contribution in [0.2, 0.25) is 18.1 Å². The topological polar surface area (TPSA) is 92.8 Å². The molecular formula is C36H48N2O5Si. The third-order valence-electron chi connectivity index (χ3n) is 8.76. The lowest BCUT2D eigenvalue weighted by Crippen LogP contribution is -2.44. The lowest BCUT2D eigenvalue weighted by molar-refractivity contribution is 0.0595. The number of nitrogens with one attached hydrogen (secondary N) is 2. The van der Waals surface area contributed by atoms with Crippen LogP contribution in [0.25, 0.3) is 10.9 Å². The van der Waals surface area contributed by atoms with E-state index in [0.29, 0.717) is 24.6 Å². The summed E-state index contributed by atoms with van der Waals surface area (Å²) in [4.78, 5) is 15.1. The Labute approximate surface area is 263 Å². The molecule has 0 saturated heterocycles. The number of aromatic nitrogens is 1. The zero-order chi connectivity index (χ0) is 31.9. The number of methoxy groups -OCH3 is 1. The minimum absolute atomic E-state index is 0.0446. The van der Waals surface area contributed by atoms with Crippen molar-refractivity contribution in [1.82, 2.24) is 10.3 Å². The number of carbonyl (C=O) groups is 1. The number of ether oxygens (including phenoxy) is 2. The van der Waals surface area contributed by atoms with Crippen LogP contribution in [0.4, 0.5) is 0 Å². The lowest BCUT2D eigenvalue weighted by atomic mass is 10.0. The fourth-order valence-corrected chi connectivity index (χ4v) is 6.29. The second-order valence-electron chi connectivity index (χ2n) is 13.0. The molecule has 0 aliphatic carbocycles. The van der Waals surface area contributed by atoms with Gasteiger partial charge in [-0.15, -0.1) is 0 Å². The molecule has 1 heterocycles. The SMILES string of the molecule is CC[C@H](Cc1ccc2[nH]c(C(=O)OC)cc2c1)NC[C@H](O[Si](C)(C)C(C)(C)C)c1ccc(OCc2ccccc2)c(CO)c1. The number of hydrogen-bond donors (Lipinski definition) is 3. The van der Waals surface area contributed by atoms with Crippen LogP contribution >= 0.6 is 0 Å². The van der Waals surface area contributed by atoms with Crippen LogP contribution in [0.15, 0.2) is 72.8 Å². The van der Waals surface area contributed by atoms with Crippen molar-refractivity contribution >= 4 is 25.2 Å². The molecule has 0 unspecified atom stereocenters. The fourth-order valence-electron chi connectivity index (χ4n) is 5.01. The minimum Gasteiger partial charge on any atom is -0.489 e. The molecule has 4 aromatic rings. The molecule has 44 heavy (non-hydrogen) atoms. The molecule has 3 N–H and O–H groups in total. The highest BCUT2D eigenvalue weighted by atomic mass is 28.4. The maximum atomic E-state index is 12.0. The van der Waals surface area contributed by atoms with Gasteiger partial charge in [0.2, 0.25) is 0 Å². The van der Waals surface area contributed by atoms with Gasteiger partial charge in [-0.1, -0.05) is 70.2 Å². The van der Waals surface area contributed by atoms with Gasteiger partial charge in [0.25, 0.3) is 0 Å². The zero-order valence-electron chi connectivity index (χ0n) is 27.2. The summed E-state index contributed by atoms with van der Waals surface area (Å²) in [6.45, 7) is 14.5. The molecule has 7 nitrogen and oxygen atoms in total.